The van der Waals surface area contributed by atoms with Gasteiger partial charge in [0.1, 0.15) is 5.60 Å². The monoisotopic (exact) mass is 246 g/mol. The predicted molar refractivity (Wildman–Crippen MR) is 73.4 cm³/mol. The molecule has 2 rings (SSSR count). The van der Waals surface area contributed by atoms with Crippen LogP contribution >= 0.6 is 11.3 Å². The van der Waals surface area contributed by atoms with Crippen LogP contribution in [0.1, 0.15) is 35.8 Å². The molecule has 0 bridgehead atoms. The van der Waals surface area contributed by atoms with Gasteiger partial charge in [0.2, 0.25) is 0 Å². The fourth-order valence-electron chi connectivity index (χ4n) is 2.19. The second kappa shape index (κ2) is 5.03. The molecule has 90 valence electrons. The molecule has 1 N–H and O–H groups in total. The van der Waals surface area contributed by atoms with Crippen LogP contribution in [-0.2, 0) is 5.60 Å². The van der Waals surface area contributed by atoms with Crippen LogP contribution in [0.4, 0.5) is 0 Å². The molecule has 1 aromatic carbocycles. The van der Waals surface area contributed by atoms with Crippen molar-refractivity contribution in [3.8, 4) is 0 Å². The Morgan fingerprint density at radius 2 is 1.88 bits per heavy atom. The molecular formula is C15H18OS. The second-order valence-electron chi connectivity index (χ2n) is 4.42. The minimum absolute atomic E-state index is 0.757. The normalized spacial score (nSPS) is 14.5. The third-order valence-corrected chi connectivity index (χ3v) is 3.93. The van der Waals surface area contributed by atoms with Crippen molar-refractivity contribution < 1.29 is 5.11 Å². The third-order valence-electron chi connectivity index (χ3n) is 3.07. The van der Waals surface area contributed by atoms with Crippen LogP contribution in [0.2, 0.25) is 0 Å². The molecule has 0 aliphatic rings. The van der Waals surface area contributed by atoms with Crippen molar-refractivity contribution in [3.63, 3.8) is 0 Å². The van der Waals surface area contributed by atoms with E-state index in [4.69, 9.17) is 0 Å². The molecule has 1 nitrogen and oxygen atoms in total. The summed E-state index contributed by atoms with van der Waals surface area (Å²) < 4.78 is 0. The highest BCUT2D eigenvalue weighted by Gasteiger charge is 2.30. The standard InChI is InChI=1S/C15H18OS/c1-3-9-15(16,13-7-5-4-6-8-13)14-10-12(2)17-11-14/h4-8,10-11,16H,3,9H2,1-2H3. The Balaban J connectivity index is 2.46. The molecule has 1 unspecified atom stereocenters. The maximum atomic E-state index is 11.0. The fourth-order valence-corrected chi connectivity index (χ4v) is 2.96. The summed E-state index contributed by atoms with van der Waals surface area (Å²) in [6.45, 7) is 4.18. The van der Waals surface area contributed by atoms with Gasteiger partial charge in [0.25, 0.3) is 0 Å². The third kappa shape index (κ3) is 2.43. The molecule has 0 fully saturated rings. The smallest absolute Gasteiger partial charge is 0.115 e. The van der Waals surface area contributed by atoms with Gasteiger partial charge in [-0.3, -0.25) is 0 Å². The average Bonchev–Trinajstić information content (AvgIpc) is 2.78. The van der Waals surface area contributed by atoms with Gasteiger partial charge in [-0.1, -0.05) is 43.7 Å². The van der Waals surface area contributed by atoms with E-state index in [0.717, 1.165) is 24.0 Å². The van der Waals surface area contributed by atoms with Crippen molar-refractivity contribution in [3.05, 3.63) is 57.8 Å². The van der Waals surface area contributed by atoms with Gasteiger partial charge in [-0.15, -0.1) is 11.3 Å². The Morgan fingerprint density at radius 3 is 2.41 bits per heavy atom. The van der Waals surface area contributed by atoms with Crippen molar-refractivity contribution in [1.29, 1.82) is 0 Å². The highest BCUT2D eigenvalue weighted by molar-refractivity contribution is 7.10. The molecule has 1 heterocycles. The van der Waals surface area contributed by atoms with E-state index in [1.807, 2.05) is 30.3 Å². The minimum atomic E-state index is -0.833. The van der Waals surface area contributed by atoms with E-state index in [1.165, 1.54) is 4.88 Å². The topological polar surface area (TPSA) is 20.2 Å². The summed E-state index contributed by atoms with van der Waals surface area (Å²) in [6, 6.07) is 12.0. The molecule has 1 atom stereocenters. The molecule has 0 aliphatic heterocycles. The largest absolute Gasteiger partial charge is 0.380 e. The van der Waals surface area contributed by atoms with Gasteiger partial charge in [0.15, 0.2) is 0 Å². The van der Waals surface area contributed by atoms with Crippen molar-refractivity contribution in [2.75, 3.05) is 0 Å². The number of benzene rings is 1. The lowest BCUT2D eigenvalue weighted by Gasteiger charge is -2.28. The van der Waals surface area contributed by atoms with Crippen LogP contribution in [0, 0.1) is 6.92 Å². The molecule has 0 radical (unpaired) electrons. The van der Waals surface area contributed by atoms with E-state index >= 15 is 0 Å². The lowest BCUT2D eigenvalue weighted by Crippen LogP contribution is -2.26. The van der Waals surface area contributed by atoms with Crippen molar-refractivity contribution in [1.82, 2.24) is 0 Å². The van der Waals surface area contributed by atoms with Crippen molar-refractivity contribution in [2.24, 2.45) is 0 Å². The van der Waals surface area contributed by atoms with Crippen LogP contribution in [0.3, 0.4) is 0 Å². The Bertz CT molecular complexity index is 475. The summed E-state index contributed by atoms with van der Waals surface area (Å²) in [5, 5.41) is 13.0. The quantitative estimate of drug-likeness (QED) is 0.861. The highest BCUT2D eigenvalue weighted by atomic mass is 32.1. The molecule has 0 amide bonds. The van der Waals surface area contributed by atoms with Gasteiger partial charge < -0.3 is 5.11 Å². The van der Waals surface area contributed by atoms with Gasteiger partial charge in [-0.05, 0) is 35.9 Å². The van der Waals surface area contributed by atoms with Crippen LogP contribution in [0.25, 0.3) is 0 Å². The lowest BCUT2D eigenvalue weighted by atomic mass is 9.84. The summed E-state index contributed by atoms with van der Waals surface area (Å²) >= 11 is 1.69. The van der Waals surface area contributed by atoms with Crippen molar-refractivity contribution in [2.45, 2.75) is 32.3 Å². The molecule has 0 saturated carbocycles. The van der Waals surface area contributed by atoms with Crippen LogP contribution in [0.5, 0.6) is 0 Å². The van der Waals surface area contributed by atoms with Gasteiger partial charge in [0, 0.05) is 4.88 Å². The van der Waals surface area contributed by atoms with Gasteiger partial charge in [-0.25, -0.2) is 0 Å². The van der Waals surface area contributed by atoms with Gasteiger partial charge in [-0.2, -0.15) is 0 Å². The summed E-state index contributed by atoms with van der Waals surface area (Å²) in [5.41, 5.74) is 1.17. The zero-order valence-corrected chi connectivity index (χ0v) is 11.1. The maximum Gasteiger partial charge on any atom is 0.115 e. The summed E-state index contributed by atoms with van der Waals surface area (Å²) in [6.07, 6.45) is 1.72. The van der Waals surface area contributed by atoms with Crippen LogP contribution in [-0.4, -0.2) is 5.11 Å². The lowest BCUT2D eigenvalue weighted by molar-refractivity contribution is 0.0706. The second-order valence-corrected chi connectivity index (χ2v) is 5.54. The van der Waals surface area contributed by atoms with E-state index in [9.17, 15) is 5.11 Å². The molecule has 2 aromatic rings. The number of thiophene rings is 1. The average molecular weight is 246 g/mol. The number of rotatable bonds is 4. The van der Waals surface area contributed by atoms with Gasteiger partial charge >= 0.3 is 0 Å². The molecule has 0 spiro atoms. The molecule has 2 heteroatoms. The maximum absolute atomic E-state index is 11.0. The molecule has 1 aromatic heterocycles. The SMILES string of the molecule is CCCC(O)(c1ccccc1)c1csc(C)c1. The number of hydrogen-bond donors (Lipinski definition) is 1. The number of hydrogen-bond acceptors (Lipinski definition) is 2. The minimum Gasteiger partial charge on any atom is -0.380 e. The first-order chi connectivity index (χ1) is 8.16. The Morgan fingerprint density at radius 1 is 1.18 bits per heavy atom. The van der Waals surface area contributed by atoms with Crippen LogP contribution in [0.15, 0.2) is 41.8 Å². The summed E-state index contributed by atoms with van der Waals surface area (Å²) in [5.74, 6) is 0. The Hall–Kier alpha value is -1.12. The Kier molecular flexibility index (Phi) is 3.65. The fraction of sp³-hybridized carbons (Fsp3) is 0.333. The molecule has 0 aliphatic carbocycles. The van der Waals surface area contributed by atoms with Crippen molar-refractivity contribution >= 4 is 11.3 Å². The Labute approximate surface area is 107 Å². The van der Waals surface area contributed by atoms with E-state index in [1.54, 1.807) is 11.3 Å². The summed E-state index contributed by atoms with van der Waals surface area (Å²) in [4.78, 5) is 1.24. The summed E-state index contributed by atoms with van der Waals surface area (Å²) in [7, 11) is 0. The zero-order chi connectivity index (χ0) is 12.3. The molecular weight excluding hydrogens is 228 g/mol. The van der Waals surface area contributed by atoms with Gasteiger partial charge in [0.05, 0.1) is 0 Å². The highest BCUT2D eigenvalue weighted by Crippen LogP contribution is 2.36. The number of aliphatic hydroxyl groups is 1. The molecule has 17 heavy (non-hydrogen) atoms. The van der Waals surface area contributed by atoms with Crippen LogP contribution < -0.4 is 0 Å². The van der Waals surface area contributed by atoms with E-state index in [2.05, 4.69) is 25.3 Å². The first-order valence-electron chi connectivity index (χ1n) is 6.00. The number of aryl methyl sites for hydroxylation is 1. The zero-order valence-electron chi connectivity index (χ0n) is 10.3. The van der Waals surface area contributed by atoms with E-state index in [0.29, 0.717) is 0 Å². The first kappa shape index (κ1) is 12.3. The molecule has 0 saturated heterocycles. The van der Waals surface area contributed by atoms with E-state index in [-0.39, 0.29) is 0 Å². The predicted octanol–water partition coefficient (Wildman–Crippen LogP) is 4.09. The first-order valence-corrected chi connectivity index (χ1v) is 6.88. The van der Waals surface area contributed by atoms with E-state index < -0.39 is 5.60 Å².